The Morgan fingerprint density at radius 1 is 1.23 bits per heavy atom. The molecule has 2 heterocycles. The van der Waals surface area contributed by atoms with Gasteiger partial charge in [0.2, 0.25) is 0 Å². The molecule has 0 aliphatic heterocycles. The van der Waals surface area contributed by atoms with E-state index in [2.05, 4.69) is 11.1 Å². The molecule has 0 unspecified atom stereocenters. The van der Waals surface area contributed by atoms with E-state index in [0.29, 0.717) is 10.6 Å². The van der Waals surface area contributed by atoms with Gasteiger partial charge in [0.25, 0.3) is 0 Å². The number of benzene rings is 1. The highest BCUT2D eigenvalue weighted by Gasteiger charge is 2.10. The molecule has 22 heavy (non-hydrogen) atoms. The van der Waals surface area contributed by atoms with E-state index in [9.17, 15) is 9.65 Å². The van der Waals surface area contributed by atoms with Crippen molar-refractivity contribution in [2.45, 2.75) is 6.92 Å². The van der Waals surface area contributed by atoms with Crippen LogP contribution < -0.4 is 0 Å². The predicted octanol–water partition coefficient (Wildman–Crippen LogP) is 5.38. The molecular formula is C17H11FN2S2. The molecule has 0 saturated carbocycles. The first-order valence-electron chi connectivity index (χ1n) is 6.55. The van der Waals surface area contributed by atoms with E-state index < -0.39 is 0 Å². The number of halogens is 1. The highest BCUT2D eigenvalue weighted by molar-refractivity contribution is 7.12. The van der Waals surface area contributed by atoms with Crippen LogP contribution in [-0.4, -0.2) is 4.98 Å². The predicted molar refractivity (Wildman–Crippen MR) is 90.0 cm³/mol. The van der Waals surface area contributed by atoms with Gasteiger partial charge < -0.3 is 0 Å². The summed E-state index contributed by atoms with van der Waals surface area (Å²) in [4.78, 5) is 5.57. The molecule has 0 aliphatic rings. The Bertz CT molecular complexity index is 867. The molecule has 108 valence electrons. The third kappa shape index (κ3) is 2.98. The van der Waals surface area contributed by atoms with Crippen molar-refractivity contribution in [2.24, 2.45) is 0 Å². The zero-order chi connectivity index (χ0) is 15.5. The van der Waals surface area contributed by atoms with E-state index in [4.69, 9.17) is 0 Å². The third-order valence-electron chi connectivity index (χ3n) is 3.17. The van der Waals surface area contributed by atoms with Gasteiger partial charge in [-0.05, 0) is 54.3 Å². The molecule has 0 N–H and O–H groups in total. The molecule has 0 aliphatic carbocycles. The molecule has 0 fully saturated rings. The van der Waals surface area contributed by atoms with Gasteiger partial charge in [-0.25, -0.2) is 9.37 Å². The molecule has 3 rings (SSSR count). The topological polar surface area (TPSA) is 36.7 Å². The minimum absolute atomic E-state index is 0.273. The van der Waals surface area contributed by atoms with E-state index in [1.807, 2.05) is 29.8 Å². The van der Waals surface area contributed by atoms with Gasteiger partial charge >= 0.3 is 0 Å². The van der Waals surface area contributed by atoms with Crippen molar-refractivity contribution < 1.29 is 4.39 Å². The van der Waals surface area contributed by atoms with Gasteiger partial charge in [-0.15, -0.1) is 22.7 Å². The number of hydrogen-bond acceptors (Lipinski definition) is 4. The van der Waals surface area contributed by atoms with E-state index in [1.54, 1.807) is 23.5 Å². The molecule has 5 heteroatoms. The summed E-state index contributed by atoms with van der Waals surface area (Å²) in [7, 11) is 0. The number of hydrogen-bond donors (Lipinski definition) is 0. The Morgan fingerprint density at radius 2 is 2.00 bits per heavy atom. The fraction of sp³-hybridized carbons (Fsp3) is 0.0588. The molecule has 0 saturated heterocycles. The van der Waals surface area contributed by atoms with Gasteiger partial charge in [0.1, 0.15) is 16.9 Å². The lowest BCUT2D eigenvalue weighted by Crippen LogP contribution is -1.83. The van der Waals surface area contributed by atoms with Crippen molar-refractivity contribution in [3.8, 4) is 17.3 Å². The summed E-state index contributed by atoms with van der Waals surface area (Å²) in [6.07, 6.45) is 1.87. The number of thiophene rings is 1. The van der Waals surface area contributed by atoms with Crippen LogP contribution in [0.4, 0.5) is 4.39 Å². The standard InChI is InChI=1S/C17H11FN2S2/c1-11-6-7-21-16(11)8-13(9-19)17-20-15(10-22-17)12-2-4-14(18)5-3-12/h2-8,10H,1H3/b13-8+. The van der Waals surface area contributed by atoms with Crippen molar-refractivity contribution in [3.05, 3.63) is 62.4 Å². The molecule has 0 radical (unpaired) electrons. The summed E-state index contributed by atoms with van der Waals surface area (Å²) >= 11 is 3.02. The zero-order valence-electron chi connectivity index (χ0n) is 11.7. The second-order valence-electron chi connectivity index (χ2n) is 4.68. The van der Waals surface area contributed by atoms with E-state index in [0.717, 1.165) is 21.7 Å². The van der Waals surface area contributed by atoms with Gasteiger partial charge in [-0.1, -0.05) is 0 Å². The molecule has 3 aromatic rings. The van der Waals surface area contributed by atoms with Crippen LogP contribution in [-0.2, 0) is 0 Å². The lowest BCUT2D eigenvalue weighted by atomic mass is 10.2. The summed E-state index contributed by atoms with van der Waals surface area (Å²) in [5.41, 5.74) is 3.29. The van der Waals surface area contributed by atoms with Crippen LogP contribution in [0, 0.1) is 24.1 Å². The summed E-state index contributed by atoms with van der Waals surface area (Å²) in [6, 6.07) is 10.4. The third-order valence-corrected chi connectivity index (χ3v) is 5.01. The van der Waals surface area contributed by atoms with Crippen LogP contribution in [0.25, 0.3) is 22.9 Å². The maximum absolute atomic E-state index is 13.0. The SMILES string of the molecule is Cc1ccsc1/C=C(\C#N)c1nc(-c2ccc(F)cc2)cs1. The van der Waals surface area contributed by atoms with Gasteiger partial charge in [0.05, 0.1) is 11.3 Å². The second-order valence-corrected chi connectivity index (χ2v) is 6.49. The van der Waals surface area contributed by atoms with E-state index in [1.165, 1.54) is 23.5 Å². The van der Waals surface area contributed by atoms with Gasteiger partial charge in [0.15, 0.2) is 0 Å². The average Bonchev–Trinajstić information content (AvgIpc) is 3.15. The summed E-state index contributed by atoms with van der Waals surface area (Å²) in [5.74, 6) is -0.273. The van der Waals surface area contributed by atoms with E-state index >= 15 is 0 Å². The molecule has 0 atom stereocenters. The molecule has 0 spiro atoms. The van der Waals surface area contributed by atoms with Crippen LogP contribution in [0.2, 0.25) is 0 Å². The maximum atomic E-state index is 13.0. The molecule has 2 nitrogen and oxygen atoms in total. The number of nitrogens with zero attached hydrogens (tertiary/aromatic N) is 2. The lowest BCUT2D eigenvalue weighted by Gasteiger charge is -1.96. The largest absolute Gasteiger partial charge is 0.235 e. The van der Waals surface area contributed by atoms with Crippen molar-refractivity contribution in [1.29, 1.82) is 5.26 Å². The lowest BCUT2D eigenvalue weighted by molar-refractivity contribution is 0.628. The van der Waals surface area contributed by atoms with E-state index in [-0.39, 0.29) is 5.82 Å². The highest BCUT2D eigenvalue weighted by atomic mass is 32.1. The number of nitriles is 1. The van der Waals surface area contributed by atoms with Crippen molar-refractivity contribution >= 4 is 34.3 Å². The number of rotatable bonds is 3. The minimum atomic E-state index is -0.273. The molecule has 2 aromatic heterocycles. The average molecular weight is 326 g/mol. The number of allylic oxidation sites excluding steroid dienone is 1. The molecule has 0 bridgehead atoms. The Balaban J connectivity index is 1.95. The first kappa shape index (κ1) is 14.6. The second kappa shape index (κ2) is 6.22. The van der Waals surface area contributed by atoms with Crippen molar-refractivity contribution in [1.82, 2.24) is 4.98 Å². The Kier molecular flexibility index (Phi) is 4.14. The zero-order valence-corrected chi connectivity index (χ0v) is 13.3. The maximum Gasteiger partial charge on any atom is 0.134 e. The van der Waals surface area contributed by atoms with Crippen LogP contribution in [0.5, 0.6) is 0 Å². The van der Waals surface area contributed by atoms with Gasteiger partial charge in [0, 0.05) is 15.8 Å². The van der Waals surface area contributed by atoms with Crippen LogP contribution >= 0.6 is 22.7 Å². The quantitative estimate of drug-likeness (QED) is 0.606. The molecule has 1 aromatic carbocycles. The fourth-order valence-corrected chi connectivity index (χ4v) is 3.61. The normalized spacial score (nSPS) is 11.4. The van der Waals surface area contributed by atoms with Crippen molar-refractivity contribution in [2.75, 3.05) is 0 Å². The number of thiazole rings is 1. The first-order valence-corrected chi connectivity index (χ1v) is 8.31. The summed E-state index contributed by atoms with van der Waals surface area (Å²) < 4.78 is 13.0. The highest BCUT2D eigenvalue weighted by Crippen LogP contribution is 2.29. The Labute approximate surface area is 135 Å². The van der Waals surface area contributed by atoms with Crippen LogP contribution in [0.3, 0.4) is 0 Å². The van der Waals surface area contributed by atoms with Crippen LogP contribution in [0.15, 0.2) is 41.1 Å². The smallest absolute Gasteiger partial charge is 0.134 e. The summed E-state index contributed by atoms with van der Waals surface area (Å²) in [6.45, 7) is 2.02. The van der Waals surface area contributed by atoms with Crippen molar-refractivity contribution in [3.63, 3.8) is 0 Å². The number of aromatic nitrogens is 1. The van der Waals surface area contributed by atoms with Gasteiger partial charge in [-0.2, -0.15) is 5.26 Å². The Hall–Kier alpha value is -2.29. The van der Waals surface area contributed by atoms with Crippen LogP contribution in [0.1, 0.15) is 15.4 Å². The fourth-order valence-electron chi connectivity index (χ4n) is 1.96. The minimum Gasteiger partial charge on any atom is -0.235 e. The summed E-state index contributed by atoms with van der Waals surface area (Å²) in [5, 5.41) is 14.0. The first-order chi connectivity index (χ1) is 10.7. The molecule has 0 amide bonds. The van der Waals surface area contributed by atoms with Gasteiger partial charge in [-0.3, -0.25) is 0 Å². The number of aryl methyl sites for hydroxylation is 1. The Morgan fingerprint density at radius 3 is 2.64 bits per heavy atom. The monoisotopic (exact) mass is 326 g/mol. The molecular weight excluding hydrogens is 315 g/mol.